The van der Waals surface area contributed by atoms with E-state index in [1.54, 1.807) is 13.0 Å². The topological polar surface area (TPSA) is 77.5 Å². The van der Waals surface area contributed by atoms with Crippen molar-refractivity contribution in [1.29, 1.82) is 0 Å². The van der Waals surface area contributed by atoms with Gasteiger partial charge in [0.25, 0.3) is 0 Å². The number of ether oxygens (including phenoxy) is 2. The van der Waals surface area contributed by atoms with Crippen LogP contribution in [0.4, 0.5) is 0 Å². The number of hydrogen-bond acceptors (Lipinski definition) is 6. The molecule has 0 unspecified atom stereocenters. The van der Waals surface area contributed by atoms with Gasteiger partial charge in [-0.2, -0.15) is 0 Å². The van der Waals surface area contributed by atoms with E-state index in [9.17, 15) is 8.42 Å². The van der Waals surface area contributed by atoms with Crippen molar-refractivity contribution in [2.45, 2.75) is 68.8 Å². The third-order valence-corrected chi connectivity index (χ3v) is 5.96. The standard InChI is InChI=1S/C18H28N2O4S/c1-13-17(7-8-18(20-13)25(2,21)22)24-15-5-3-14(4-6-15)23-16-9-11-19-12-10-16/h7-8,14-16,19H,3-6,9-12H2,1-2H3/t14-,15-. The predicted molar refractivity (Wildman–Crippen MR) is 95.7 cm³/mol. The third-order valence-electron chi connectivity index (χ3n) is 4.98. The monoisotopic (exact) mass is 368 g/mol. The van der Waals surface area contributed by atoms with Gasteiger partial charge in [0.1, 0.15) is 5.75 Å². The highest BCUT2D eigenvalue weighted by Gasteiger charge is 2.26. The van der Waals surface area contributed by atoms with Gasteiger partial charge in [0.05, 0.1) is 24.0 Å². The second kappa shape index (κ2) is 8.01. The number of nitrogens with one attached hydrogen (secondary N) is 1. The van der Waals surface area contributed by atoms with Gasteiger partial charge in [-0.05, 0) is 70.7 Å². The molecule has 0 radical (unpaired) electrons. The molecule has 25 heavy (non-hydrogen) atoms. The van der Waals surface area contributed by atoms with Crippen LogP contribution in [0.15, 0.2) is 17.2 Å². The summed E-state index contributed by atoms with van der Waals surface area (Å²) >= 11 is 0. The second-order valence-corrected chi connectivity index (χ2v) is 9.07. The average Bonchev–Trinajstić information content (AvgIpc) is 2.58. The van der Waals surface area contributed by atoms with Gasteiger partial charge in [-0.25, -0.2) is 13.4 Å². The summed E-state index contributed by atoms with van der Waals surface area (Å²) in [5.41, 5.74) is 0.621. The fourth-order valence-corrected chi connectivity index (χ4v) is 4.14. The lowest BCUT2D eigenvalue weighted by atomic mass is 9.94. The lowest BCUT2D eigenvalue weighted by molar-refractivity contribution is -0.0549. The third kappa shape index (κ3) is 5.15. The van der Waals surface area contributed by atoms with Crippen molar-refractivity contribution in [1.82, 2.24) is 10.3 Å². The predicted octanol–water partition coefficient (Wildman–Crippen LogP) is 2.25. The zero-order valence-corrected chi connectivity index (χ0v) is 15.8. The highest BCUT2D eigenvalue weighted by atomic mass is 32.2. The van der Waals surface area contributed by atoms with Crippen molar-refractivity contribution < 1.29 is 17.9 Å². The lowest BCUT2D eigenvalue weighted by Gasteiger charge is -2.33. The summed E-state index contributed by atoms with van der Waals surface area (Å²) in [6.07, 6.45) is 8.23. The Morgan fingerprint density at radius 2 is 1.60 bits per heavy atom. The van der Waals surface area contributed by atoms with Crippen molar-refractivity contribution in [2.24, 2.45) is 0 Å². The van der Waals surface area contributed by atoms with Gasteiger partial charge in [-0.3, -0.25) is 0 Å². The molecule has 0 bridgehead atoms. The minimum atomic E-state index is -3.28. The Bertz CT molecular complexity index is 678. The van der Waals surface area contributed by atoms with E-state index in [0.29, 0.717) is 23.7 Å². The van der Waals surface area contributed by atoms with E-state index in [1.807, 2.05) is 0 Å². The number of nitrogens with zero attached hydrogens (tertiary/aromatic N) is 1. The smallest absolute Gasteiger partial charge is 0.192 e. The Morgan fingerprint density at radius 3 is 2.20 bits per heavy atom. The number of aromatic nitrogens is 1. The molecule has 1 aromatic rings. The van der Waals surface area contributed by atoms with Crippen LogP contribution in [0.2, 0.25) is 0 Å². The summed E-state index contributed by atoms with van der Waals surface area (Å²) in [4.78, 5) is 4.16. The molecule has 0 spiro atoms. The van der Waals surface area contributed by atoms with Crippen LogP contribution in [0.5, 0.6) is 5.75 Å². The zero-order chi connectivity index (χ0) is 17.9. The number of hydrogen-bond donors (Lipinski definition) is 1. The first-order valence-corrected chi connectivity index (χ1v) is 11.0. The number of pyridine rings is 1. The maximum Gasteiger partial charge on any atom is 0.192 e. The van der Waals surface area contributed by atoms with Gasteiger partial charge in [0.2, 0.25) is 0 Å². The fourth-order valence-electron chi connectivity index (χ4n) is 3.53. The SMILES string of the molecule is Cc1nc(S(C)(=O)=O)ccc1O[C@H]1CC[C@H](OC2CCNCC2)CC1. The molecule has 0 aromatic carbocycles. The number of aryl methyl sites for hydroxylation is 1. The summed E-state index contributed by atoms with van der Waals surface area (Å²) in [5, 5.41) is 3.46. The van der Waals surface area contributed by atoms with E-state index < -0.39 is 9.84 Å². The molecule has 1 aliphatic carbocycles. The van der Waals surface area contributed by atoms with Crippen LogP contribution in [0.1, 0.15) is 44.2 Å². The van der Waals surface area contributed by atoms with Gasteiger partial charge in [0.15, 0.2) is 14.9 Å². The van der Waals surface area contributed by atoms with Crippen LogP contribution in [0.3, 0.4) is 0 Å². The van der Waals surface area contributed by atoms with Gasteiger partial charge in [-0.1, -0.05) is 0 Å². The molecule has 1 aliphatic heterocycles. The van der Waals surface area contributed by atoms with Crippen LogP contribution in [0, 0.1) is 6.92 Å². The molecule has 1 N–H and O–H groups in total. The highest BCUT2D eigenvalue weighted by Crippen LogP contribution is 2.28. The van der Waals surface area contributed by atoms with Crippen LogP contribution in [-0.4, -0.2) is 51.1 Å². The van der Waals surface area contributed by atoms with Gasteiger partial charge >= 0.3 is 0 Å². The summed E-state index contributed by atoms with van der Waals surface area (Å²) < 4.78 is 35.4. The van der Waals surface area contributed by atoms with E-state index in [2.05, 4.69) is 10.3 Å². The lowest BCUT2D eigenvalue weighted by Crippen LogP contribution is -2.37. The molecule has 140 valence electrons. The molecule has 0 amide bonds. The van der Waals surface area contributed by atoms with Crippen molar-refractivity contribution in [3.05, 3.63) is 17.8 Å². The van der Waals surface area contributed by atoms with Crippen LogP contribution < -0.4 is 10.1 Å². The molecule has 1 aromatic heterocycles. The summed E-state index contributed by atoms with van der Waals surface area (Å²) in [5.74, 6) is 0.676. The normalized spacial score (nSPS) is 25.7. The molecular weight excluding hydrogens is 340 g/mol. The maximum atomic E-state index is 11.6. The Balaban J connectivity index is 1.50. The van der Waals surface area contributed by atoms with Gasteiger partial charge < -0.3 is 14.8 Å². The van der Waals surface area contributed by atoms with Crippen LogP contribution >= 0.6 is 0 Å². The second-order valence-electron chi connectivity index (χ2n) is 7.11. The molecule has 2 fully saturated rings. The Kier molecular flexibility index (Phi) is 5.96. The van der Waals surface area contributed by atoms with E-state index in [0.717, 1.165) is 51.6 Å². The first-order chi connectivity index (χ1) is 11.9. The minimum Gasteiger partial charge on any atom is -0.489 e. The fraction of sp³-hybridized carbons (Fsp3) is 0.722. The largest absolute Gasteiger partial charge is 0.489 e. The first kappa shape index (κ1) is 18.6. The molecule has 2 heterocycles. The molecule has 3 rings (SSSR count). The molecule has 0 atom stereocenters. The van der Waals surface area contributed by atoms with Gasteiger partial charge in [-0.15, -0.1) is 0 Å². The first-order valence-electron chi connectivity index (χ1n) is 9.12. The molecule has 7 heteroatoms. The Hall–Kier alpha value is -1.18. The zero-order valence-electron chi connectivity index (χ0n) is 15.0. The molecular formula is C18H28N2O4S. The van der Waals surface area contributed by atoms with E-state index in [1.165, 1.54) is 12.3 Å². The molecule has 6 nitrogen and oxygen atoms in total. The number of sulfone groups is 1. The van der Waals surface area contributed by atoms with Crippen molar-refractivity contribution in [3.8, 4) is 5.75 Å². The van der Waals surface area contributed by atoms with Crippen LogP contribution in [-0.2, 0) is 14.6 Å². The number of piperidine rings is 1. The van der Waals surface area contributed by atoms with Crippen molar-refractivity contribution in [3.63, 3.8) is 0 Å². The Labute approximate surface area is 150 Å². The average molecular weight is 368 g/mol. The Morgan fingerprint density at radius 1 is 1.00 bits per heavy atom. The van der Waals surface area contributed by atoms with Crippen LogP contribution in [0.25, 0.3) is 0 Å². The number of rotatable bonds is 5. The van der Waals surface area contributed by atoms with E-state index >= 15 is 0 Å². The van der Waals surface area contributed by atoms with E-state index in [4.69, 9.17) is 9.47 Å². The molecule has 2 aliphatic rings. The highest BCUT2D eigenvalue weighted by molar-refractivity contribution is 7.90. The molecule has 1 saturated carbocycles. The van der Waals surface area contributed by atoms with Crippen molar-refractivity contribution in [2.75, 3.05) is 19.3 Å². The quantitative estimate of drug-likeness (QED) is 0.859. The molecule has 1 saturated heterocycles. The maximum absolute atomic E-state index is 11.6. The van der Waals surface area contributed by atoms with Crippen molar-refractivity contribution >= 4 is 9.84 Å². The van der Waals surface area contributed by atoms with Gasteiger partial charge in [0, 0.05) is 6.26 Å². The summed E-state index contributed by atoms with van der Waals surface area (Å²) in [6.45, 7) is 3.90. The minimum absolute atomic E-state index is 0.0939. The van der Waals surface area contributed by atoms with E-state index in [-0.39, 0.29) is 11.1 Å². The summed E-state index contributed by atoms with van der Waals surface area (Å²) in [7, 11) is -3.28. The summed E-state index contributed by atoms with van der Waals surface area (Å²) in [6, 6.07) is 3.24.